The minimum absolute atomic E-state index is 0.0307. The molecule has 0 radical (unpaired) electrons. The normalized spacial score (nSPS) is 10.6. The van der Waals surface area contributed by atoms with Crippen LogP contribution in [0.1, 0.15) is 16.8 Å². The summed E-state index contributed by atoms with van der Waals surface area (Å²) in [6.45, 7) is 2.47. The molecule has 3 rings (SSSR count). The van der Waals surface area contributed by atoms with Gasteiger partial charge in [-0.3, -0.25) is 5.10 Å². The number of hydrogen-bond acceptors (Lipinski definition) is 3. The van der Waals surface area contributed by atoms with E-state index in [1.807, 2.05) is 61.5 Å². The second-order valence-corrected chi connectivity index (χ2v) is 5.13. The van der Waals surface area contributed by atoms with Crippen LogP contribution in [-0.2, 0) is 13.2 Å². The zero-order chi connectivity index (χ0) is 15.4. The summed E-state index contributed by atoms with van der Waals surface area (Å²) < 4.78 is 5.77. The van der Waals surface area contributed by atoms with Crippen LogP contribution in [-0.4, -0.2) is 15.3 Å². The first-order valence-corrected chi connectivity index (χ1v) is 7.20. The summed E-state index contributed by atoms with van der Waals surface area (Å²) in [5.41, 5.74) is 4.72. The molecule has 22 heavy (non-hydrogen) atoms. The molecule has 1 heterocycles. The predicted molar refractivity (Wildman–Crippen MR) is 85.5 cm³/mol. The van der Waals surface area contributed by atoms with Gasteiger partial charge in [-0.05, 0) is 36.8 Å². The fourth-order valence-corrected chi connectivity index (χ4v) is 2.32. The molecule has 3 aromatic rings. The van der Waals surface area contributed by atoms with Crippen molar-refractivity contribution in [3.8, 4) is 17.0 Å². The SMILES string of the molecule is Cc1c(-c2ccc(OCc3ccccc3)cc2)n[nH]c1CO. The second kappa shape index (κ2) is 6.45. The molecule has 2 aromatic carbocycles. The number of aliphatic hydroxyl groups excluding tert-OH is 1. The summed E-state index contributed by atoms with van der Waals surface area (Å²) in [4.78, 5) is 0. The first-order valence-electron chi connectivity index (χ1n) is 7.20. The van der Waals surface area contributed by atoms with Crippen LogP contribution in [0.4, 0.5) is 0 Å². The van der Waals surface area contributed by atoms with Gasteiger partial charge in [0.05, 0.1) is 18.0 Å². The number of rotatable bonds is 5. The molecule has 4 nitrogen and oxygen atoms in total. The van der Waals surface area contributed by atoms with Crippen molar-refractivity contribution in [1.82, 2.24) is 10.2 Å². The third kappa shape index (κ3) is 3.02. The van der Waals surface area contributed by atoms with Gasteiger partial charge in [-0.15, -0.1) is 0 Å². The smallest absolute Gasteiger partial charge is 0.119 e. The largest absolute Gasteiger partial charge is 0.489 e. The Hall–Kier alpha value is -2.59. The van der Waals surface area contributed by atoms with Gasteiger partial charge in [0.2, 0.25) is 0 Å². The number of ether oxygens (including phenoxy) is 1. The van der Waals surface area contributed by atoms with Crippen LogP contribution < -0.4 is 4.74 Å². The Kier molecular flexibility index (Phi) is 4.21. The highest BCUT2D eigenvalue weighted by atomic mass is 16.5. The number of nitrogens with zero attached hydrogens (tertiary/aromatic N) is 1. The molecule has 0 saturated heterocycles. The van der Waals surface area contributed by atoms with E-state index in [-0.39, 0.29) is 6.61 Å². The molecular weight excluding hydrogens is 276 g/mol. The minimum atomic E-state index is -0.0307. The van der Waals surface area contributed by atoms with Crippen LogP contribution >= 0.6 is 0 Å². The maximum absolute atomic E-state index is 9.21. The van der Waals surface area contributed by atoms with E-state index in [2.05, 4.69) is 10.2 Å². The zero-order valence-corrected chi connectivity index (χ0v) is 12.4. The van der Waals surface area contributed by atoms with Gasteiger partial charge in [0.15, 0.2) is 0 Å². The Morgan fingerprint density at radius 2 is 1.77 bits per heavy atom. The molecular formula is C18H18N2O2. The lowest BCUT2D eigenvalue weighted by atomic mass is 10.1. The molecule has 0 spiro atoms. The summed E-state index contributed by atoms with van der Waals surface area (Å²) >= 11 is 0. The van der Waals surface area contributed by atoms with E-state index in [0.717, 1.165) is 33.8 Å². The van der Waals surface area contributed by atoms with Crippen LogP contribution in [0.15, 0.2) is 54.6 Å². The molecule has 0 amide bonds. The van der Waals surface area contributed by atoms with Crippen molar-refractivity contribution < 1.29 is 9.84 Å². The monoisotopic (exact) mass is 294 g/mol. The molecule has 112 valence electrons. The average molecular weight is 294 g/mol. The van der Waals surface area contributed by atoms with Gasteiger partial charge in [-0.1, -0.05) is 30.3 Å². The molecule has 0 bridgehead atoms. The molecule has 0 aliphatic carbocycles. The highest BCUT2D eigenvalue weighted by Crippen LogP contribution is 2.25. The van der Waals surface area contributed by atoms with E-state index in [4.69, 9.17) is 4.74 Å². The van der Waals surface area contributed by atoms with Crippen LogP contribution in [0.25, 0.3) is 11.3 Å². The Balaban J connectivity index is 1.71. The number of aromatic amines is 1. The first-order chi connectivity index (χ1) is 10.8. The number of nitrogens with one attached hydrogen (secondary N) is 1. The molecule has 4 heteroatoms. The molecule has 0 saturated carbocycles. The lowest BCUT2D eigenvalue weighted by Crippen LogP contribution is -1.94. The average Bonchev–Trinajstić information content (AvgIpc) is 2.95. The summed E-state index contributed by atoms with van der Waals surface area (Å²) in [6.07, 6.45) is 0. The summed E-state index contributed by atoms with van der Waals surface area (Å²) in [5, 5.41) is 16.3. The maximum atomic E-state index is 9.21. The fourth-order valence-electron chi connectivity index (χ4n) is 2.32. The summed E-state index contributed by atoms with van der Waals surface area (Å²) in [7, 11) is 0. The van der Waals surface area contributed by atoms with E-state index in [0.29, 0.717) is 6.61 Å². The minimum Gasteiger partial charge on any atom is -0.489 e. The summed E-state index contributed by atoms with van der Waals surface area (Å²) in [5.74, 6) is 0.822. The van der Waals surface area contributed by atoms with Gasteiger partial charge in [-0.2, -0.15) is 5.10 Å². The molecule has 0 aliphatic rings. The molecule has 0 fully saturated rings. The highest BCUT2D eigenvalue weighted by molar-refractivity contribution is 5.64. The van der Waals surface area contributed by atoms with Gasteiger partial charge in [0, 0.05) is 11.1 Å². The van der Waals surface area contributed by atoms with Crippen molar-refractivity contribution in [2.24, 2.45) is 0 Å². The number of aromatic nitrogens is 2. The second-order valence-electron chi connectivity index (χ2n) is 5.13. The van der Waals surface area contributed by atoms with E-state index >= 15 is 0 Å². The maximum Gasteiger partial charge on any atom is 0.119 e. The van der Waals surface area contributed by atoms with Crippen molar-refractivity contribution in [2.75, 3.05) is 0 Å². The molecule has 1 aromatic heterocycles. The standard InChI is InChI=1S/C18H18N2O2/c1-13-17(11-21)19-20-18(13)15-7-9-16(10-8-15)22-12-14-5-3-2-4-6-14/h2-10,21H,11-12H2,1H3,(H,19,20). The van der Waals surface area contributed by atoms with Crippen LogP contribution in [0.3, 0.4) is 0 Å². The van der Waals surface area contributed by atoms with Crippen LogP contribution in [0.2, 0.25) is 0 Å². The van der Waals surface area contributed by atoms with Crippen molar-refractivity contribution in [3.05, 3.63) is 71.4 Å². The highest BCUT2D eigenvalue weighted by Gasteiger charge is 2.10. The van der Waals surface area contributed by atoms with E-state index < -0.39 is 0 Å². The van der Waals surface area contributed by atoms with Gasteiger partial charge in [0.25, 0.3) is 0 Å². The topological polar surface area (TPSA) is 58.1 Å². The van der Waals surface area contributed by atoms with E-state index in [1.54, 1.807) is 0 Å². The Labute approximate surface area is 129 Å². The number of H-pyrrole nitrogens is 1. The lowest BCUT2D eigenvalue weighted by molar-refractivity contribution is 0.276. The van der Waals surface area contributed by atoms with Crippen molar-refractivity contribution in [2.45, 2.75) is 20.1 Å². The van der Waals surface area contributed by atoms with E-state index in [1.165, 1.54) is 0 Å². The number of benzene rings is 2. The summed E-state index contributed by atoms with van der Waals surface area (Å²) in [6, 6.07) is 17.9. The first kappa shape index (κ1) is 14.4. The van der Waals surface area contributed by atoms with Gasteiger partial charge < -0.3 is 9.84 Å². The Morgan fingerprint density at radius 3 is 2.41 bits per heavy atom. The molecule has 0 atom stereocenters. The Bertz CT molecular complexity index is 734. The third-order valence-corrected chi connectivity index (χ3v) is 3.64. The van der Waals surface area contributed by atoms with Crippen LogP contribution in [0.5, 0.6) is 5.75 Å². The predicted octanol–water partition coefficient (Wildman–Crippen LogP) is 3.46. The zero-order valence-electron chi connectivity index (χ0n) is 12.4. The molecule has 2 N–H and O–H groups in total. The van der Waals surface area contributed by atoms with Gasteiger partial charge in [0.1, 0.15) is 12.4 Å². The van der Waals surface area contributed by atoms with Crippen LogP contribution in [0, 0.1) is 6.92 Å². The van der Waals surface area contributed by atoms with Crippen molar-refractivity contribution >= 4 is 0 Å². The molecule has 0 unspecified atom stereocenters. The Morgan fingerprint density at radius 1 is 1.05 bits per heavy atom. The van der Waals surface area contributed by atoms with Crippen molar-refractivity contribution in [3.63, 3.8) is 0 Å². The lowest BCUT2D eigenvalue weighted by Gasteiger charge is -2.07. The number of hydrogen-bond donors (Lipinski definition) is 2. The number of aliphatic hydroxyl groups is 1. The van der Waals surface area contributed by atoms with E-state index in [9.17, 15) is 5.11 Å². The molecule has 0 aliphatic heterocycles. The quantitative estimate of drug-likeness (QED) is 0.757. The fraction of sp³-hybridized carbons (Fsp3) is 0.167. The van der Waals surface area contributed by atoms with Gasteiger partial charge >= 0.3 is 0 Å². The van der Waals surface area contributed by atoms with Crippen molar-refractivity contribution in [1.29, 1.82) is 0 Å². The van der Waals surface area contributed by atoms with Gasteiger partial charge in [-0.25, -0.2) is 0 Å². The third-order valence-electron chi connectivity index (χ3n) is 3.64.